The van der Waals surface area contributed by atoms with Crippen molar-refractivity contribution >= 4 is 11.4 Å². The van der Waals surface area contributed by atoms with Crippen LogP contribution in [0, 0.1) is 0 Å². The second-order valence-corrected chi connectivity index (χ2v) is 4.51. The molecular weight excluding hydrogens is 186 g/mol. The van der Waals surface area contributed by atoms with Gasteiger partial charge >= 0.3 is 0 Å². The van der Waals surface area contributed by atoms with E-state index in [4.69, 9.17) is 5.73 Å². The normalized spacial score (nSPS) is 28.3. The van der Waals surface area contributed by atoms with E-state index >= 15 is 0 Å². The highest BCUT2D eigenvalue weighted by atomic mass is 16.1. The van der Waals surface area contributed by atoms with Gasteiger partial charge in [0.1, 0.15) is 0 Å². The summed E-state index contributed by atoms with van der Waals surface area (Å²) < 4.78 is 0. The zero-order valence-electron chi connectivity index (χ0n) is 8.49. The van der Waals surface area contributed by atoms with E-state index in [1.807, 2.05) is 12.1 Å². The molecule has 0 spiro atoms. The molecule has 1 aromatic rings. The lowest BCUT2D eigenvalue weighted by Crippen LogP contribution is -2.42. The number of allylic oxidation sites excluding steroid dienone is 1. The molecular formula is C13H13NO. The average molecular weight is 199 g/mol. The van der Waals surface area contributed by atoms with Gasteiger partial charge in [0.25, 0.3) is 0 Å². The van der Waals surface area contributed by atoms with Gasteiger partial charge in [-0.2, -0.15) is 0 Å². The number of rotatable bonds is 0. The molecule has 76 valence electrons. The Balaban J connectivity index is 2.21. The zero-order chi connectivity index (χ0) is 10.5. The van der Waals surface area contributed by atoms with Gasteiger partial charge < -0.3 is 5.73 Å². The van der Waals surface area contributed by atoms with Crippen molar-refractivity contribution < 1.29 is 4.79 Å². The minimum Gasteiger partial charge on any atom is -0.321 e. The highest BCUT2D eigenvalue weighted by Gasteiger charge is 2.40. The van der Waals surface area contributed by atoms with Crippen molar-refractivity contribution in [1.29, 1.82) is 0 Å². The van der Waals surface area contributed by atoms with Crippen molar-refractivity contribution in [2.45, 2.75) is 24.8 Å². The molecule has 15 heavy (non-hydrogen) atoms. The van der Waals surface area contributed by atoms with Crippen molar-refractivity contribution in [3.05, 3.63) is 41.5 Å². The Morgan fingerprint density at radius 1 is 1.27 bits per heavy atom. The Hall–Kier alpha value is -1.41. The molecule has 0 radical (unpaired) electrons. The van der Waals surface area contributed by atoms with Crippen LogP contribution in [0.15, 0.2) is 30.3 Å². The molecule has 0 aliphatic heterocycles. The summed E-state index contributed by atoms with van der Waals surface area (Å²) in [5, 5.41) is 0. The van der Waals surface area contributed by atoms with Crippen molar-refractivity contribution in [1.82, 2.24) is 0 Å². The minimum atomic E-state index is -0.383. The number of carbonyl (C=O) groups excluding carboxylic acids is 1. The summed E-state index contributed by atoms with van der Waals surface area (Å²) in [5.41, 5.74) is 9.44. The first-order chi connectivity index (χ1) is 7.19. The lowest BCUT2D eigenvalue weighted by Gasteiger charge is -2.33. The van der Waals surface area contributed by atoms with Gasteiger partial charge in [-0.1, -0.05) is 24.3 Å². The standard InChI is InChI=1S/C13H13NO/c14-13-6-5-9-3-1-2-4-11(9)12(13)7-10(15)8-13/h1-4,7H,5-6,8,14H2. The first-order valence-corrected chi connectivity index (χ1v) is 5.31. The van der Waals surface area contributed by atoms with Gasteiger partial charge in [-0.25, -0.2) is 0 Å². The maximum atomic E-state index is 11.5. The van der Waals surface area contributed by atoms with Gasteiger partial charge in [0, 0.05) is 12.0 Å². The Morgan fingerprint density at radius 3 is 2.93 bits per heavy atom. The molecule has 0 aromatic heterocycles. The molecule has 0 fully saturated rings. The summed E-state index contributed by atoms with van der Waals surface area (Å²) >= 11 is 0. The predicted octanol–water partition coefficient (Wildman–Crippen LogP) is 1.69. The van der Waals surface area contributed by atoms with Crippen LogP contribution in [-0.2, 0) is 11.2 Å². The van der Waals surface area contributed by atoms with Gasteiger partial charge in [0.05, 0.1) is 0 Å². The fourth-order valence-corrected chi connectivity index (χ4v) is 2.69. The molecule has 0 saturated carbocycles. The van der Waals surface area contributed by atoms with Crippen LogP contribution in [-0.4, -0.2) is 11.3 Å². The maximum Gasteiger partial charge on any atom is 0.158 e. The van der Waals surface area contributed by atoms with Crippen LogP contribution in [0.1, 0.15) is 24.0 Å². The molecule has 2 aliphatic rings. The lowest BCUT2D eigenvalue weighted by atomic mass is 9.76. The predicted molar refractivity (Wildman–Crippen MR) is 59.3 cm³/mol. The van der Waals surface area contributed by atoms with E-state index in [0.717, 1.165) is 18.4 Å². The third kappa shape index (κ3) is 1.18. The van der Waals surface area contributed by atoms with Crippen LogP contribution < -0.4 is 5.73 Å². The molecule has 2 nitrogen and oxygen atoms in total. The molecule has 0 bridgehead atoms. The summed E-state index contributed by atoms with van der Waals surface area (Å²) in [5.74, 6) is 0.171. The van der Waals surface area contributed by atoms with E-state index in [1.54, 1.807) is 6.08 Å². The molecule has 1 unspecified atom stereocenters. The van der Waals surface area contributed by atoms with Crippen molar-refractivity contribution in [2.24, 2.45) is 5.73 Å². The van der Waals surface area contributed by atoms with Gasteiger partial charge in [-0.3, -0.25) is 4.79 Å². The Kier molecular flexibility index (Phi) is 1.65. The monoisotopic (exact) mass is 199 g/mol. The highest BCUT2D eigenvalue weighted by molar-refractivity contribution is 6.06. The van der Waals surface area contributed by atoms with E-state index in [9.17, 15) is 4.79 Å². The topological polar surface area (TPSA) is 43.1 Å². The van der Waals surface area contributed by atoms with E-state index in [-0.39, 0.29) is 11.3 Å². The Morgan fingerprint density at radius 2 is 2.07 bits per heavy atom. The number of ketones is 1. The van der Waals surface area contributed by atoms with Crippen molar-refractivity contribution in [3.63, 3.8) is 0 Å². The second kappa shape index (κ2) is 2.80. The highest BCUT2D eigenvalue weighted by Crippen LogP contribution is 2.42. The number of aryl methyl sites for hydroxylation is 1. The first-order valence-electron chi connectivity index (χ1n) is 5.31. The molecule has 0 saturated heterocycles. The molecule has 2 aliphatic carbocycles. The molecule has 1 aromatic carbocycles. The fourth-order valence-electron chi connectivity index (χ4n) is 2.69. The molecule has 0 amide bonds. The summed E-state index contributed by atoms with van der Waals surface area (Å²) in [4.78, 5) is 11.5. The smallest absolute Gasteiger partial charge is 0.158 e. The van der Waals surface area contributed by atoms with Crippen LogP contribution in [0.3, 0.4) is 0 Å². The number of hydrogen-bond acceptors (Lipinski definition) is 2. The van der Waals surface area contributed by atoms with Crippen molar-refractivity contribution in [2.75, 3.05) is 0 Å². The third-order valence-electron chi connectivity index (χ3n) is 3.48. The number of nitrogens with two attached hydrogens (primary N) is 1. The van der Waals surface area contributed by atoms with E-state index < -0.39 is 0 Å². The summed E-state index contributed by atoms with van der Waals surface area (Å²) in [6.07, 6.45) is 4.09. The minimum absolute atomic E-state index is 0.171. The van der Waals surface area contributed by atoms with Gasteiger partial charge in [-0.05, 0) is 35.6 Å². The number of hydrogen-bond donors (Lipinski definition) is 1. The number of benzene rings is 1. The molecule has 0 heterocycles. The summed E-state index contributed by atoms with van der Waals surface area (Å²) in [6.45, 7) is 0. The van der Waals surface area contributed by atoms with Gasteiger partial charge in [-0.15, -0.1) is 0 Å². The SMILES string of the molecule is NC12CCc3ccccc3C1=CC(=O)C2. The lowest BCUT2D eigenvalue weighted by molar-refractivity contribution is -0.114. The van der Waals surface area contributed by atoms with Crippen molar-refractivity contribution in [3.8, 4) is 0 Å². The Bertz CT molecular complexity index is 475. The van der Waals surface area contributed by atoms with Gasteiger partial charge in [0.2, 0.25) is 0 Å². The third-order valence-corrected chi connectivity index (χ3v) is 3.48. The first kappa shape index (κ1) is 8.86. The molecule has 2 N–H and O–H groups in total. The number of fused-ring (bicyclic) bond motifs is 3. The van der Waals surface area contributed by atoms with E-state index in [2.05, 4.69) is 12.1 Å². The van der Waals surface area contributed by atoms with E-state index in [0.29, 0.717) is 6.42 Å². The average Bonchev–Trinajstić information content (AvgIpc) is 2.53. The van der Waals surface area contributed by atoms with E-state index in [1.165, 1.54) is 11.1 Å². The summed E-state index contributed by atoms with van der Waals surface area (Å²) in [7, 11) is 0. The van der Waals surface area contributed by atoms with Crippen LogP contribution >= 0.6 is 0 Å². The van der Waals surface area contributed by atoms with Crippen LogP contribution in [0.5, 0.6) is 0 Å². The van der Waals surface area contributed by atoms with Crippen LogP contribution in [0.25, 0.3) is 5.57 Å². The maximum absolute atomic E-state index is 11.5. The summed E-state index contributed by atoms with van der Waals surface area (Å²) in [6, 6.07) is 8.24. The number of carbonyl (C=O) groups is 1. The van der Waals surface area contributed by atoms with Crippen LogP contribution in [0.4, 0.5) is 0 Å². The fraction of sp³-hybridized carbons (Fsp3) is 0.308. The second-order valence-electron chi connectivity index (χ2n) is 4.51. The van der Waals surface area contributed by atoms with Crippen LogP contribution in [0.2, 0.25) is 0 Å². The quantitative estimate of drug-likeness (QED) is 0.691. The molecule has 3 rings (SSSR count). The molecule has 1 atom stereocenters. The largest absolute Gasteiger partial charge is 0.321 e. The van der Waals surface area contributed by atoms with Gasteiger partial charge in [0.15, 0.2) is 5.78 Å². The Labute approximate surface area is 88.8 Å². The zero-order valence-corrected chi connectivity index (χ0v) is 8.49. The molecule has 2 heteroatoms.